The number of esters is 1. The van der Waals surface area contributed by atoms with E-state index in [4.69, 9.17) is 4.74 Å². The van der Waals surface area contributed by atoms with Crippen LogP contribution in [0.1, 0.15) is 44.6 Å². The van der Waals surface area contributed by atoms with Crippen molar-refractivity contribution in [3.8, 4) is 0 Å². The van der Waals surface area contributed by atoms with Crippen LogP contribution in [0.3, 0.4) is 0 Å². The van der Waals surface area contributed by atoms with E-state index in [0.29, 0.717) is 29.7 Å². The van der Waals surface area contributed by atoms with Crippen molar-refractivity contribution >= 4 is 11.8 Å². The normalized spacial score (nSPS) is 24.6. The lowest BCUT2D eigenvalue weighted by atomic mass is 9.71. The SMILES string of the molecule is CC1(C)CC(=O)C2=C(C1)OC(=O)CC2c1ccccc1F. The second-order valence-corrected chi connectivity index (χ2v) is 6.53. The Balaban J connectivity index is 2.11. The smallest absolute Gasteiger partial charge is 0.311 e. The van der Waals surface area contributed by atoms with Gasteiger partial charge in [-0.05, 0) is 17.0 Å². The fourth-order valence-corrected chi connectivity index (χ4v) is 3.23. The zero-order valence-electron chi connectivity index (χ0n) is 12.1. The fraction of sp³-hybridized carbons (Fsp3) is 0.412. The van der Waals surface area contributed by atoms with Gasteiger partial charge in [0.15, 0.2) is 5.78 Å². The predicted octanol–water partition coefficient (Wildman–Crippen LogP) is 3.50. The molecule has 1 atom stereocenters. The first-order chi connectivity index (χ1) is 9.87. The molecule has 0 amide bonds. The van der Waals surface area contributed by atoms with Gasteiger partial charge in [-0.3, -0.25) is 9.59 Å². The molecule has 0 radical (unpaired) electrons. The Kier molecular flexibility index (Phi) is 3.19. The maximum absolute atomic E-state index is 14.1. The maximum atomic E-state index is 14.1. The summed E-state index contributed by atoms with van der Waals surface area (Å²) in [6.07, 6.45) is 0.949. The highest BCUT2D eigenvalue weighted by molar-refractivity contribution is 6.00. The van der Waals surface area contributed by atoms with Crippen molar-refractivity contribution in [2.75, 3.05) is 0 Å². The zero-order valence-corrected chi connectivity index (χ0v) is 12.1. The molecule has 2 aliphatic rings. The molecular weight excluding hydrogens is 271 g/mol. The average molecular weight is 288 g/mol. The standard InChI is InChI=1S/C17H17FO3/c1-17(2)8-13(19)16-11(7-15(20)21-14(16)9-17)10-5-3-4-6-12(10)18/h3-6,11H,7-9H2,1-2H3. The van der Waals surface area contributed by atoms with E-state index < -0.39 is 11.9 Å². The number of hydrogen-bond donors (Lipinski definition) is 0. The number of benzene rings is 1. The lowest BCUT2D eigenvalue weighted by molar-refractivity contribution is -0.142. The Morgan fingerprint density at radius 2 is 1.90 bits per heavy atom. The van der Waals surface area contributed by atoms with Crippen molar-refractivity contribution in [3.05, 3.63) is 47.0 Å². The van der Waals surface area contributed by atoms with Crippen molar-refractivity contribution in [1.82, 2.24) is 0 Å². The highest BCUT2D eigenvalue weighted by Crippen LogP contribution is 2.46. The summed E-state index contributed by atoms with van der Waals surface area (Å²) >= 11 is 0. The molecule has 0 spiro atoms. The summed E-state index contributed by atoms with van der Waals surface area (Å²) in [7, 11) is 0. The van der Waals surface area contributed by atoms with E-state index in [2.05, 4.69) is 0 Å². The molecule has 3 nitrogen and oxygen atoms in total. The van der Waals surface area contributed by atoms with E-state index in [1.54, 1.807) is 18.2 Å². The minimum absolute atomic E-state index is 0.0198. The number of carbonyl (C=O) groups excluding carboxylic acids is 2. The Morgan fingerprint density at radius 1 is 1.19 bits per heavy atom. The molecule has 1 aliphatic heterocycles. The first-order valence-corrected chi connectivity index (χ1v) is 7.09. The Hall–Kier alpha value is -1.97. The van der Waals surface area contributed by atoms with Crippen LogP contribution in [0.15, 0.2) is 35.6 Å². The van der Waals surface area contributed by atoms with Crippen LogP contribution in [0.4, 0.5) is 4.39 Å². The van der Waals surface area contributed by atoms with Gasteiger partial charge in [-0.15, -0.1) is 0 Å². The Morgan fingerprint density at radius 3 is 2.62 bits per heavy atom. The number of halogens is 1. The highest BCUT2D eigenvalue weighted by atomic mass is 19.1. The monoisotopic (exact) mass is 288 g/mol. The van der Waals surface area contributed by atoms with Gasteiger partial charge < -0.3 is 4.74 Å². The molecule has 1 aliphatic carbocycles. The van der Waals surface area contributed by atoms with Gasteiger partial charge in [-0.25, -0.2) is 4.39 Å². The summed E-state index contributed by atoms with van der Waals surface area (Å²) in [5.74, 6) is -0.914. The number of hydrogen-bond acceptors (Lipinski definition) is 3. The number of carbonyl (C=O) groups is 2. The summed E-state index contributed by atoms with van der Waals surface area (Å²) in [6, 6.07) is 6.31. The van der Waals surface area contributed by atoms with Crippen LogP contribution < -0.4 is 0 Å². The van der Waals surface area contributed by atoms with Crippen molar-refractivity contribution in [3.63, 3.8) is 0 Å². The number of ketones is 1. The van der Waals surface area contributed by atoms with E-state index in [-0.39, 0.29) is 23.4 Å². The van der Waals surface area contributed by atoms with Gasteiger partial charge in [0.2, 0.25) is 0 Å². The zero-order chi connectivity index (χ0) is 15.2. The van der Waals surface area contributed by atoms with Crippen LogP contribution in [-0.2, 0) is 14.3 Å². The summed E-state index contributed by atoms with van der Waals surface area (Å²) in [5, 5.41) is 0. The molecule has 1 heterocycles. The van der Waals surface area contributed by atoms with Crippen molar-refractivity contribution < 1.29 is 18.7 Å². The highest BCUT2D eigenvalue weighted by Gasteiger charge is 2.42. The fourth-order valence-electron chi connectivity index (χ4n) is 3.23. The van der Waals surface area contributed by atoms with Gasteiger partial charge in [0, 0.05) is 24.3 Å². The number of rotatable bonds is 1. The van der Waals surface area contributed by atoms with Crippen molar-refractivity contribution in [2.45, 2.75) is 39.0 Å². The minimum Gasteiger partial charge on any atom is -0.431 e. The molecule has 1 aromatic rings. The average Bonchev–Trinajstić information content (AvgIpc) is 2.36. The molecule has 21 heavy (non-hydrogen) atoms. The number of Topliss-reactive ketones (excluding diaryl/α,β-unsaturated/α-hetero) is 1. The van der Waals surface area contributed by atoms with E-state index in [1.807, 2.05) is 13.8 Å². The van der Waals surface area contributed by atoms with Gasteiger partial charge in [-0.1, -0.05) is 32.0 Å². The third kappa shape index (κ3) is 2.50. The van der Waals surface area contributed by atoms with E-state index in [1.165, 1.54) is 6.07 Å². The molecule has 0 N–H and O–H groups in total. The van der Waals surface area contributed by atoms with Gasteiger partial charge in [0.1, 0.15) is 11.6 Å². The molecule has 3 rings (SSSR count). The maximum Gasteiger partial charge on any atom is 0.311 e. The first kappa shape index (κ1) is 14.0. The molecule has 0 fully saturated rings. The van der Waals surface area contributed by atoms with E-state index in [0.717, 1.165) is 0 Å². The lowest BCUT2D eigenvalue weighted by Crippen LogP contribution is -2.34. The first-order valence-electron chi connectivity index (χ1n) is 7.09. The quantitative estimate of drug-likeness (QED) is 0.743. The lowest BCUT2D eigenvalue weighted by Gasteiger charge is -2.36. The third-order valence-electron chi connectivity index (χ3n) is 4.12. The van der Waals surface area contributed by atoms with Crippen LogP contribution in [0.5, 0.6) is 0 Å². The molecule has 4 heteroatoms. The summed E-state index contributed by atoms with van der Waals surface area (Å²) in [4.78, 5) is 24.3. The second-order valence-electron chi connectivity index (χ2n) is 6.53. The molecule has 110 valence electrons. The van der Waals surface area contributed by atoms with Gasteiger partial charge in [0.25, 0.3) is 0 Å². The molecule has 1 unspecified atom stereocenters. The van der Waals surface area contributed by atoms with Crippen molar-refractivity contribution in [1.29, 1.82) is 0 Å². The van der Waals surface area contributed by atoms with Crippen LogP contribution in [-0.4, -0.2) is 11.8 Å². The van der Waals surface area contributed by atoms with Gasteiger partial charge in [0.05, 0.1) is 6.42 Å². The van der Waals surface area contributed by atoms with E-state index in [9.17, 15) is 14.0 Å². The topological polar surface area (TPSA) is 43.4 Å². The van der Waals surface area contributed by atoms with Crippen molar-refractivity contribution in [2.24, 2.45) is 5.41 Å². The van der Waals surface area contributed by atoms with E-state index >= 15 is 0 Å². The second kappa shape index (κ2) is 4.79. The predicted molar refractivity (Wildman–Crippen MR) is 74.9 cm³/mol. The van der Waals surface area contributed by atoms with Gasteiger partial charge >= 0.3 is 5.97 Å². The molecule has 0 bridgehead atoms. The number of allylic oxidation sites excluding steroid dienone is 2. The molecule has 0 saturated heterocycles. The summed E-state index contributed by atoms with van der Waals surface area (Å²) < 4.78 is 19.3. The number of ether oxygens (including phenoxy) is 1. The van der Waals surface area contributed by atoms with Gasteiger partial charge in [-0.2, -0.15) is 0 Å². The third-order valence-corrected chi connectivity index (χ3v) is 4.12. The minimum atomic E-state index is -0.522. The largest absolute Gasteiger partial charge is 0.431 e. The van der Waals surface area contributed by atoms with Crippen LogP contribution in [0.25, 0.3) is 0 Å². The molecule has 0 aromatic heterocycles. The summed E-state index contributed by atoms with van der Waals surface area (Å²) in [5.41, 5.74) is 0.654. The van der Waals surface area contributed by atoms with Crippen LogP contribution >= 0.6 is 0 Å². The Labute approximate surface area is 122 Å². The van der Waals surface area contributed by atoms with Crippen LogP contribution in [0, 0.1) is 11.2 Å². The summed E-state index contributed by atoms with van der Waals surface area (Å²) in [6.45, 7) is 3.93. The van der Waals surface area contributed by atoms with Crippen LogP contribution in [0.2, 0.25) is 0 Å². The molecule has 1 aromatic carbocycles. The molecular formula is C17H17FO3. The molecule has 0 saturated carbocycles. The Bertz CT molecular complexity index is 658.